The van der Waals surface area contributed by atoms with Crippen LogP contribution >= 0.6 is 0 Å². The van der Waals surface area contributed by atoms with Gasteiger partial charge in [-0.05, 0) is 29.8 Å². The van der Waals surface area contributed by atoms with Crippen molar-refractivity contribution in [3.05, 3.63) is 42.0 Å². The Hall–Kier alpha value is -2.63. The van der Waals surface area contributed by atoms with Gasteiger partial charge in [0.1, 0.15) is 11.6 Å². The Morgan fingerprint density at radius 3 is 2.27 bits per heavy atom. The fourth-order valence-electron chi connectivity index (χ4n) is 1.70. The first-order valence-electron chi connectivity index (χ1n) is 7.10. The third-order valence-corrected chi connectivity index (χ3v) is 3.07. The first-order valence-corrected chi connectivity index (χ1v) is 7.10. The Bertz CT molecular complexity index is 609. The van der Waals surface area contributed by atoms with E-state index in [0.717, 1.165) is 11.3 Å². The van der Waals surface area contributed by atoms with Crippen LogP contribution in [0.15, 0.2) is 36.4 Å². The van der Waals surface area contributed by atoms with Gasteiger partial charge in [0.25, 0.3) is 0 Å². The molecule has 0 aliphatic heterocycles. The second-order valence-corrected chi connectivity index (χ2v) is 5.15. The number of aromatic nitrogens is 2. The molecule has 2 N–H and O–H groups in total. The maximum Gasteiger partial charge on any atom is 0.228 e. The molecule has 0 spiro atoms. The summed E-state index contributed by atoms with van der Waals surface area (Å²) < 4.78 is 5.12. The number of benzene rings is 1. The molecule has 0 fully saturated rings. The number of rotatable bonds is 6. The Labute approximate surface area is 129 Å². The number of methoxy groups -OCH3 is 1. The Morgan fingerprint density at radius 1 is 1.09 bits per heavy atom. The zero-order valence-corrected chi connectivity index (χ0v) is 13.0. The molecule has 0 saturated carbocycles. The minimum atomic E-state index is -0.0883. The van der Waals surface area contributed by atoms with Crippen LogP contribution in [-0.2, 0) is 11.3 Å². The molecule has 6 heteroatoms. The van der Waals surface area contributed by atoms with Crippen LogP contribution in [0.4, 0.5) is 11.6 Å². The number of anilines is 2. The van der Waals surface area contributed by atoms with Crippen molar-refractivity contribution in [3.8, 4) is 5.75 Å². The normalized spacial score (nSPS) is 10.4. The maximum absolute atomic E-state index is 11.6. The first-order chi connectivity index (χ1) is 10.6. The standard InChI is InChI=1S/C16H20N4O2/c1-11(2)16(21)18-15-9-8-14(19-20-15)17-10-12-4-6-13(22-3)7-5-12/h4-9,11H,10H2,1-3H3,(H,17,19)(H,18,20,21). The van der Waals surface area contributed by atoms with E-state index in [1.54, 1.807) is 19.2 Å². The van der Waals surface area contributed by atoms with E-state index in [9.17, 15) is 4.79 Å². The lowest BCUT2D eigenvalue weighted by Crippen LogP contribution is -2.18. The van der Waals surface area contributed by atoms with Crippen LogP contribution in [0.5, 0.6) is 5.75 Å². The zero-order chi connectivity index (χ0) is 15.9. The number of ether oxygens (including phenoxy) is 1. The highest BCUT2D eigenvalue weighted by molar-refractivity contribution is 5.91. The molecule has 1 aromatic carbocycles. The molecule has 0 aliphatic rings. The van der Waals surface area contributed by atoms with Gasteiger partial charge in [-0.3, -0.25) is 4.79 Å². The van der Waals surface area contributed by atoms with Crippen molar-refractivity contribution in [3.63, 3.8) is 0 Å². The SMILES string of the molecule is COc1ccc(CNc2ccc(NC(=O)C(C)C)nn2)cc1. The molecule has 1 amide bonds. The zero-order valence-electron chi connectivity index (χ0n) is 13.0. The molecule has 1 heterocycles. The number of nitrogens with zero attached hydrogens (tertiary/aromatic N) is 2. The summed E-state index contributed by atoms with van der Waals surface area (Å²) in [6.45, 7) is 4.29. The van der Waals surface area contributed by atoms with E-state index in [2.05, 4.69) is 20.8 Å². The van der Waals surface area contributed by atoms with E-state index in [-0.39, 0.29) is 11.8 Å². The number of hydrogen-bond donors (Lipinski definition) is 2. The van der Waals surface area contributed by atoms with Gasteiger partial charge in [-0.25, -0.2) is 0 Å². The third kappa shape index (κ3) is 4.44. The van der Waals surface area contributed by atoms with Crippen molar-refractivity contribution >= 4 is 17.5 Å². The summed E-state index contributed by atoms with van der Waals surface area (Å²) in [5.74, 6) is 1.77. The molecule has 0 aliphatic carbocycles. The molecular weight excluding hydrogens is 280 g/mol. The van der Waals surface area contributed by atoms with E-state index in [0.29, 0.717) is 18.2 Å². The number of carbonyl (C=O) groups is 1. The predicted molar refractivity (Wildman–Crippen MR) is 85.8 cm³/mol. The van der Waals surface area contributed by atoms with Gasteiger partial charge in [-0.1, -0.05) is 26.0 Å². The second kappa shape index (κ2) is 7.40. The average Bonchev–Trinajstić information content (AvgIpc) is 2.54. The number of carbonyl (C=O) groups excluding carboxylic acids is 1. The average molecular weight is 300 g/mol. The minimum Gasteiger partial charge on any atom is -0.497 e. The van der Waals surface area contributed by atoms with Gasteiger partial charge in [0, 0.05) is 12.5 Å². The summed E-state index contributed by atoms with van der Waals surface area (Å²) in [6, 6.07) is 11.3. The maximum atomic E-state index is 11.6. The highest BCUT2D eigenvalue weighted by Gasteiger charge is 2.08. The quantitative estimate of drug-likeness (QED) is 0.858. The lowest BCUT2D eigenvalue weighted by atomic mass is 10.2. The summed E-state index contributed by atoms with van der Waals surface area (Å²) in [7, 11) is 1.64. The highest BCUT2D eigenvalue weighted by atomic mass is 16.5. The monoisotopic (exact) mass is 300 g/mol. The van der Waals surface area contributed by atoms with Crippen LogP contribution in [0.25, 0.3) is 0 Å². The Morgan fingerprint density at radius 2 is 1.73 bits per heavy atom. The van der Waals surface area contributed by atoms with Gasteiger partial charge in [0.15, 0.2) is 5.82 Å². The number of nitrogens with one attached hydrogen (secondary N) is 2. The summed E-state index contributed by atoms with van der Waals surface area (Å²) in [5, 5.41) is 13.9. The van der Waals surface area contributed by atoms with Gasteiger partial charge in [0.2, 0.25) is 5.91 Å². The van der Waals surface area contributed by atoms with Crippen LogP contribution < -0.4 is 15.4 Å². The second-order valence-electron chi connectivity index (χ2n) is 5.15. The molecule has 0 radical (unpaired) electrons. The van der Waals surface area contributed by atoms with Crippen molar-refractivity contribution in [2.75, 3.05) is 17.7 Å². The van der Waals surface area contributed by atoms with Crippen molar-refractivity contribution in [2.45, 2.75) is 20.4 Å². The molecule has 6 nitrogen and oxygen atoms in total. The van der Waals surface area contributed by atoms with Crippen LogP contribution in [0, 0.1) is 5.92 Å². The molecule has 1 aromatic heterocycles. The molecule has 0 bridgehead atoms. The van der Waals surface area contributed by atoms with Gasteiger partial charge in [-0.15, -0.1) is 10.2 Å². The summed E-state index contributed by atoms with van der Waals surface area (Å²) >= 11 is 0. The largest absolute Gasteiger partial charge is 0.497 e. The Balaban J connectivity index is 1.89. The smallest absolute Gasteiger partial charge is 0.228 e. The van der Waals surface area contributed by atoms with E-state index in [1.165, 1.54) is 0 Å². The van der Waals surface area contributed by atoms with Crippen molar-refractivity contribution in [1.29, 1.82) is 0 Å². The fourth-order valence-corrected chi connectivity index (χ4v) is 1.70. The summed E-state index contributed by atoms with van der Waals surface area (Å²) in [4.78, 5) is 11.6. The molecule has 2 aromatic rings. The van der Waals surface area contributed by atoms with E-state index >= 15 is 0 Å². The van der Waals surface area contributed by atoms with Crippen LogP contribution in [0.1, 0.15) is 19.4 Å². The molecule has 0 saturated heterocycles. The summed E-state index contributed by atoms with van der Waals surface area (Å²) in [5.41, 5.74) is 1.11. The van der Waals surface area contributed by atoms with Gasteiger partial charge in [-0.2, -0.15) is 0 Å². The first kappa shape index (κ1) is 15.8. The minimum absolute atomic E-state index is 0.0757. The van der Waals surface area contributed by atoms with E-state index in [4.69, 9.17) is 4.74 Å². The number of hydrogen-bond acceptors (Lipinski definition) is 5. The molecule has 22 heavy (non-hydrogen) atoms. The molecule has 0 atom stereocenters. The highest BCUT2D eigenvalue weighted by Crippen LogP contribution is 2.13. The number of amides is 1. The van der Waals surface area contributed by atoms with Gasteiger partial charge < -0.3 is 15.4 Å². The Kier molecular flexibility index (Phi) is 5.30. The fraction of sp³-hybridized carbons (Fsp3) is 0.312. The molecule has 0 unspecified atom stereocenters. The van der Waals surface area contributed by atoms with Crippen LogP contribution in [0.2, 0.25) is 0 Å². The lowest BCUT2D eigenvalue weighted by molar-refractivity contribution is -0.118. The van der Waals surface area contributed by atoms with Crippen LogP contribution in [0.3, 0.4) is 0 Å². The molecular formula is C16H20N4O2. The van der Waals surface area contributed by atoms with Gasteiger partial charge in [0.05, 0.1) is 7.11 Å². The lowest BCUT2D eigenvalue weighted by Gasteiger charge is -2.08. The van der Waals surface area contributed by atoms with Crippen molar-refractivity contribution < 1.29 is 9.53 Å². The van der Waals surface area contributed by atoms with E-state index < -0.39 is 0 Å². The van der Waals surface area contributed by atoms with Crippen LogP contribution in [-0.4, -0.2) is 23.2 Å². The van der Waals surface area contributed by atoms with Gasteiger partial charge >= 0.3 is 0 Å². The summed E-state index contributed by atoms with van der Waals surface area (Å²) in [6.07, 6.45) is 0. The molecule has 116 valence electrons. The third-order valence-electron chi connectivity index (χ3n) is 3.07. The molecule has 2 rings (SSSR count). The predicted octanol–water partition coefficient (Wildman–Crippen LogP) is 2.69. The topological polar surface area (TPSA) is 76.1 Å². The van der Waals surface area contributed by atoms with Crippen molar-refractivity contribution in [2.24, 2.45) is 5.92 Å². The van der Waals surface area contributed by atoms with E-state index in [1.807, 2.05) is 38.1 Å². The van der Waals surface area contributed by atoms with Crippen molar-refractivity contribution in [1.82, 2.24) is 10.2 Å².